The van der Waals surface area contributed by atoms with Crippen LogP contribution in [0.1, 0.15) is 17.3 Å². The van der Waals surface area contributed by atoms with Crippen molar-refractivity contribution in [1.82, 2.24) is 0 Å². The molecule has 0 aliphatic heterocycles. The Bertz CT molecular complexity index is 972. The van der Waals surface area contributed by atoms with Crippen LogP contribution in [0.15, 0.2) is 47.4 Å². The minimum Gasteiger partial charge on any atom is -0.493 e. The van der Waals surface area contributed by atoms with Crippen molar-refractivity contribution >= 4 is 27.6 Å². The zero-order chi connectivity index (χ0) is 20.9. The lowest BCUT2D eigenvalue weighted by Gasteiger charge is -2.14. The molecule has 150 valence electrons. The van der Waals surface area contributed by atoms with Gasteiger partial charge < -0.3 is 19.5 Å². The van der Waals surface area contributed by atoms with Gasteiger partial charge >= 0.3 is 5.97 Å². The number of hydrogen-bond donors (Lipinski definition) is 2. The maximum atomic E-state index is 12.3. The Morgan fingerprint density at radius 1 is 1.00 bits per heavy atom. The smallest absolute Gasteiger partial charge is 0.339 e. The van der Waals surface area contributed by atoms with E-state index in [1.165, 1.54) is 57.5 Å². The number of carbonyl (C=O) groups excluding carboxylic acids is 2. The second-order valence-corrected chi connectivity index (χ2v) is 7.24. The van der Waals surface area contributed by atoms with Gasteiger partial charge in [0, 0.05) is 5.69 Å². The van der Waals surface area contributed by atoms with Crippen molar-refractivity contribution in [2.24, 2.45) is 5.14 Å². The van der Waals surface area contributed by atoms with Gasteiger partial charge in [0.25, 0.3) is 5.91 Å². The van der Waals surface area contributed by atoms with Gasteiger partial charge in [-0.05, 0) is 49.4 Å². The van der Waals surface area contributed by atoms with E-state index in [0.717, 1.165) is 0 Å². The number of benzene rings is 2. The van der Waals surface area contributed by atoms with Gasteiger partial charge in [-0.2, -0.15) is 0 Å². The number of amides is 1. The first-order chi connectivity index (χ1) is 13.2. The van der Waals surface area contributed by atoms with Crippen molar-refractivity contribution in [1.29, 1.82) is 0 Å². The summed E-state index contributed by atoms with van der Waals surface area (Å²) in [5.41, 5.74) is 0.515. The van der Waals surface area contributed by atoms with Gasteiger partial charge in [-0.1, -0.05) is 0 Å². The molecule has 9 nitrogen and oxygen atoms in total. The third-order valence-electron chi connectivity index (χ3n) is 3.72. The number of rotatable bonds is 7. The lowest BCUT2D eigenvalue weighted by atomic mass is 10.2. The molecule has 0 radical (unpaired) electrons. The van der Waals surface area contributed by atoms with Crippen molar-refractivity contribution in [2.45, 2.75) is 17.9 Å². The summed E-state index contributed by atoms with van der Waals surface area (Å²) in [5, 5.41) is 7.54. The van der Waals surface area contributed by atoms with E-state index < -0.39 is 28.0 Å². The van der Waals surface area contributed by atoms with Crippen LogP contribution in [0.4, 0.5) is 5.69 Å². The van der Waals surface area contributed by atoms with E-state index in [-0.39, 0.29) is 10.5 Å². The molecule has 2 aromatic rings. The topological polar surface area (TPSA) is 134 Å². The summed E-state index contributed by atoms with van der Waals surface area (Å²) in [4.78, 5) is 24.4. The third-order valence-corrected chi connectivity index (χ3v) is 4.65. The van der Waals surface area contributed by atoms with Crippen LogP contribution in [0.3, 0.4) is 0 Å². The predicted molar refractivity (Wildman–Crippen MR) is 101 cm³/mol. The molecule has 0 bridgehead atoms. The van der Waals surface area contributed by atoms with Crippen LogP contribution >= 0.6 is 0 Å². The summed E-state index contributed by atoms with van der Waals surface area (Å²) in [5.74, 6) is -0.498. The molecule has 1 amide bonds. The molecular formula is C18H20N2O7S. The number of nitrogens with two attached hydrogens (primary N) is 1. The zero-order valence-corrected chi connectivity index (χ0v) is 16.3. The molecule has 3 N–H and O–H groups in total. The van der Waals surface area contributed by atoms with Crippen molar-refractivity contribution in [3.8, 4) is 11.5 Å². The van der Waals surface area contributed by atoms with Crippen molar-refractivity contribution in [3.05, 3.63) is 48.0 Å². The van der Waals surface area contributed by atoms with Crippen LogP contribution in [0.2, 0.25) is 0 Å². The standard InChI is InChI=1S/C18H20N2O7S/c1-11(17(21)20-13-5-7-14(8-6-13)28(19,23)24)27-18(22)12-4-9-15(25-2)16(10-12)26-3/h4-11H,1-3H3,(H,20,21)(H2,19,23,24)/t11-/m0/s1. The molecule has 0 aliphatic rings. The summed E-state index contributed by atoms with van der Waals surface area (Å²) < 4.78 is 37.9. The molecule has 28 heavy (non-hydrogen) atoms. The zero-order valence-electron chi connectivity index (χ0n) is 15.5. The summed E-state index contributed by atoms with van der Waals surface area (Å²) in [6, 6.07) is 9.74. The molecule has 0 heterocycles. The normalized spacial score (nSPS) is 12.0. The van der Waals surface area contributed by atoms with Crippen molar-refractivity contribution in [3.63, 3.8) is 0 Å². The molecule has 0 saturated carbocycles. The quantitative estimate of drug-likeness (QED) is 0.664. The molecular weight excluding hydrogens is 388 g/mol. The second-order valence-electron chi connectivity index (χ2n) is 5.68. The summed E-state index contributed by atoms with van der Waals surface area (Å²) >= 11 is 0. The molecule has 2 aromatic carbocycles. The van der Waals surface area contributed by atoms with Gasteiger partial charge in [0.1, 0.15) is 0 Å². The van der Waals surface area contributed by atoms with Crippen molar-refractivity contribution < 1.29 is 32.2 Å². The number of carbonyl (C=O) groups is 2. The van der Waals surface area contributed by atoms with E-state index >= 15 is 0 Å². The maximum Gasteiger partial charge on any atom is 0.339 e. The molecule has 10 heteroatoms. The van der Waals surface area contributed by atoms with Crippen LogP contribution in [0.5, 0.6) is 11.5 Å². The van der Waals surface area contributed by atoms with Gasteiger partial charge in [0.05, 0.1) is 24.7 Å². The largest absolute Gasteiger partial charge is 0.493 e. The van der Waals surface area contributed by atoms with E-state index in [4.69, 9.17) is 19.3 Å². The molecule has 0 fully saturated rings. The van der Waals surface area contributed by atoms with E-state index in [0.29, 0.717) is 17.2 Å². The Morgan fingerprint density at radius 2 is 1.61 bits per heavy atom. The number of esters is 1. The average molecular weight is 408 g/mol. The Labute approximate surface area is 162 Å². The maximum absolute atomic E-state index is 12.3. The minimum absolute atomic E-state index is 0.0848. The van der Waals surface area contributed by atoms with Gasteiger partial charge in [0.15, 0.2) is 17.6 Å². The number of hydrogen-bond acceptors (Lipinski definition) is 7. The van der Waals surface area contributed by atoms with E-state index in [1.807, 2.05) is 0 Å². The average Bonchev–Trinajstić information content (AvgIpc) is 2.66. The Hall–Kier alpha value is -3.11. The van der Waals surface area contributed by atoms with E-state index in [2.05, 4.69) is 5.32 Å². The Kier molecular flexibility index (Phi) is 6.60. The number of anilines is 1. The predicted octanol–water partition coefficient (Wildman–Crippen LogP) is 1.54. The highest BCUT2D eigenvalue weighted by Gasteiger charge is 2.20. The van der Waals surface area contributed by atoms with Crippen LogP contribution in [-0.2, 0) is 19.6 Å². The Balaban J connectivity index is 2.02. The summed E-state index contributed by atoms with van der Waals surface area (Å²) in [6.07, 6.45) is -1.10. The molecule has 1 atom stereocenters. The molecule has 0 unspecified atom stereocenters. The highest BCUT2D eigenvalue weighted by molar-refractivity contribution is 7.89. The van der Waals surface area contributed by atoms with Gasteiger partial charge in [0.2, 0.25) is 10.0 Å². The van der Waals surface area contributed by atoms with Crippen molar-refractivity contribution in [2.75, 3.05) is 19.5 Å². The van der Waals surface area contributed by atoms with E-state index in [9.17, 15) is 18.0 Å². The van der Waals surface area contributed by atoms with Gasteiger partial charge in [-0.3, -0.25) is 4.79 Å². The SMILES string of the molecule is COc1ccc(C(=O)O[C@@H](C)C(=O)Nc2ccc(S(N)(=O)=O)cc2)cc1OC. The number of methoxy groups -OCH3 is 2. The summed E-state index contributed by atoms with van der Waals surface area (Å²) in [6.45, 7) is 1.41. The minimum atomic E-state index is -3.82. The molecule has 0 saturated heterocycles. The first kappa shape index (κ1) is 21.2. The number of ether oxygens (including phenoxy) is 3. The van der Waals surface area contributed by atoms with Crippen LogP contribution in [0, 0.1) is 0 Å². The van der Waals surface area contributed by atoms with Crippen LogP contribution in [0.25, 0.3) is 0 Å². The monoisotopic (exact) mass is 408 g/mol. The number of nitrogens with one attached hydrogen (secondary N) is 1. The fourth-order valence-corrected chi connectivity index (χ4v) is 2.73. The van der Waals surface area contributed by atoms with Gasteiger partial charge in [-0.25, -0.2) is 18.4 Å². The first-order valence-corrected chi connectivity index (χ1v) is 9.57. The highest BCUT2D eigenvalue weighted by atomic mass is 32.2. The number of sulfonamides is 1. The van der Waals surface area contributed by atoms with Crippen LogP contribution < -0.4 is 19.9 Å². The Morgan fingerprint density at radius 3 is 2.14 bits per heavy atom. The lowest BCUT2D eigenvalue weighted by molar-refractivity contribution is -0.123. The highest BCUT2D eigenvalue weighted by Crippen LogP contribution is 2.28. The van der Waals surface area contributed by atoms with Crippen LogP contribution in [-0.4, -0.2) is 40.6 Å². The number of primary sulfonamides is 1. The molecule has 2 rings (SSSR count). The second kappa shape index (κ2) is 8.72. The molecule has 0 aliphatic carbocycles. The summed E-state index contributed by atoms with van der Waals surface area (Å²) in [7, 11) is -0.918. The fourth-order valence-electron chi connectivity index (χ4n) is 2.22. The molecule has 0 aromatic heterocycles. The third kappa shape index (κ3) is 5.21. The first-order valence-electron chi connectivity index (χ1n) is 8.02. The van der Waals surface area contributed by atoms with Gasteiger partial charge in [-0.15, -0.1) is 0 Å². The lowest BCUT2D eigenvalue weighted by Crippen LogP contribution is -2.30. The van der Waals surface area contributed by atoms with E-state index in [1.54, 1.807) is 6.07 Å². The molecule has 0 spiro atoms. The fraction of sp³-hybridized carbons (Fsp3) is 0.222.